The first-order chi connectivity index (χ1) is 9.75. The van der Waals surface area contributed by atoms with E-state index in [1.807, 2.05) is 44.4 Å². The quantitative estimate of drug-likeness (QED) is 0.664. The van der Waals surface area contributed by atoms with Gasteiger partial charge in [0.15, 0.2) is 4.77 Å². The van der Waals surface area contributed by atoms with E-state index in [0.29, 0.717) is 4.77 Å². The van der Waals surface area contributed by atoms with E-state index < -0.39 is 0 Å². The number of imidazole rings is 1. The van der Waals surface area contributed by atoms with Gasteiger partial charge in [-0.1, -0.05) is 39.0 Å². The molecule has 0 fully saturated rings. The van der Waals surface area contributed by atoms with Crippen molar-refractivity contribution < 1.29 is 0 Å². The minimum atomic E-state index is 0.255. The maximum atomic E-state index is 5.07. The van der Waals surface area contributed by atoms with Crippen molar-refractivity contribution in [3.63, 3.8) is 0 Å². The van der Waals surface area contributed by atoms with Gasteiger partial charge in [0.25, 0.3) is 0 Å². The van der Waals surface area contributed by atoms with Crippen LogP contribution in [0.5, 0.6) is 0 Å². The standard InChI is InChI=1S/C14H13N3S.C2H6/c1-9(13-8-16-14(18)17-13)10-4-2-6-12-11(10)5-3-7-15-12;1-2/h2-9H,1H3,(H2,16,17,18);1-2H3. The molecule has 0 spiro atoms. The van der Waals surface area contributed by atoms with E-state index >= 15 is 0 Å². The molecule has 3 rings (SSSR count). The Kier molecular flexibility index (Phi) is 4.69. The summed E-state index contributed by atoms with van der Waals surface area (Å²) in [6, 6.07) is 10.3. The average molecular weight is 285 g/mol. The Morgan fingerprint density at radius 2 is 1.95 bits per heavy atom. The van der Waals surface area contributed by atoms with E-state index in [2.05, 4.69) is 34.0 Å². The highest BCUT2D eigenvalue weighted by Crippen LogP contribution is 2.28. The second-order valence-electron chi connectivity index (χ2n) is 4.34. The Morgan fingerprint density at radius 1 is 1.15 bits per heavy atom. The van der Waals surface area contributed by atoms with E-state index in [-0.39, 0.29) is 5.92 Å². The van der Waals surface area contributed by atoms with E-state index in [1.165, 1.54) is 10.9 Å². The monoisotopic (exact) mass is 285 g/mol. The van der Waals surface area contributed by atoms with Crippen molar-refractivity contribution in [1.82, 2.24) is 15.0 Å². The van der Waals surface area contributed by atoms with Crippen LogP contribution >= 0.6 is 12.2 Å². The van der Waals surface area contributed by atoms with Gasteiger partial charge in [-0.15, -0.1) is 0 Å². The molecule has 0 saturated heterocycles. The number of hydrogen-bond acceptors (Lipinski definition) is 2. The molecular formula is C16H19N3S. The first-order valence-corrected chi connectivity index (χ1v) is 7.28. The molecule has 0 aliphatic heterocycles. The molecule has 0 bridgehead atoms. The first-order valence-electron chi connectivity index (χ1n) is 6.87. The summed E-state index contributed by atoms with van der Waals surface area (Å²) in [5.74, 6) is 0.255. The van der Waals surface area contributed by atoms with Gasteiger partial charge in [0, 0.05) is 29.4 Å². The summed E-state index contributed by atoms with van der Waals surface area (Å²) in [5.41, 5.74) is 3.37. The number of aromatic nitrogens is 3. The van der Waals surface area contributed by atoms with E-state index in [0.717, 1.165) is 11.2 Å². The molecule has 0 radical (unpaired) electrons. The van der Waals surface area contributed by atoms with Gasteiger partial charge < -0.3 is 9.97 Å². The number of rotatable bonds is 2. The molecule has 0 aliphatic rings. The number of nitrogens with one attached hydrogen (secondary N) is 2. The summed E-state index contributed by atoms with van der Waals surface area (Å²) in [5, 5.41) is 1.19. The van der Waals surface area contributed by atoms with Crippen molar-refractivity contribution in [3.8, 4) is 0 Å². The van der Waals surface area contributed by atoms with Crippen molar-refractivity contribution in [2.75, 3.05) is 0 Å². The fourth-order valence-corrected chi connectivity index (χ4v) is 2.43. The molecule has 104 valence electrons. The predicted octanol–water partition coefficient (Wildman–Crippen LogP) is 4.80. The van der Waals surface area contributed by atoms with Crippen molar-refractivity contribution in [3.05, 3.63) is 58.8 Å². The van der Waals surface area contributed by atoms with Gasteiger partial charge >= 0.3 is 0 Å². The van der Waals surface area contributed by atoms with Crippen LogP contribution in [0.2, 0.25) is 0 Å². The lowest BCUT2D eigenvalue weighted by atomic mass is 9.94. The molecule has 2 heterocycles. The van der Waals surface area contributed by atoms with Crippen LogP contribution < -0.4 is 0 Å². The first kappa shape index (κ1) is 14.5. The molecule has 1 aromatic carbocycles. The van der Waals surface area contributed by atoms with Crippen molar-refractivity contribution in [1.29, 1.82) is 0 Å². The zero-order chi connectivity index (χ0) is 14.5. The molecule has 1 atom stereocenters. The third-order valence-corrected chi connectivity index (χ3v) is 3.45. The van der Waals surface area contributed by atoms with Gasteiger partial charge in [0.2, 0.25) is 0 Å². The molecule has 0 aliphatic carbocycles. The van der Waals surface area contributed by atoms with Crippen LogP contribution in [-0.4, -0.2) is 15.0 Å². The molecule has 0 saturated carbocycles. The Morgan fingerprint density at radius 3 is 2.65 bits per heavy atom. The highest BCUT2D eigenvalue weighted by Gasteiger charge is 2.12. The van der Waals surface area contributed by atoms with Gasteiger partial charge in [0.1, 0.15) is 0 Å². The molecule has 3 aromatic rings. The van der Waals surface area contributed by atoms with Gasteiger partial charge in [-0.05, 0) is 29.9 Å². The van der Waals surface area contributed by atoms with Crippen molar-refractivity contribution in [2.45, 2.75) is 26.7 Å². The predicted molar refractivity (Wildman–Crippen MR) is 86.6 cm³/mol. The summed E-state index contributed by atoms with van der Waals surface area (Å²) in [6.45, 7) is 6.16. The van der Waals surface area contributed by atoms with Crippen LogP contribution in [0.4, 0.5) is 0 Å². The summed E-state index contributed by atoms with van der Waals surface area (Å²) in [6.07, 6.45) is 3.75. The van der Waals surface area contributed by atoms with E-state index in [1.54, 1.807) is 0 Å². The normalized spacial score (nSPS) is 11.8. The van der Waals surface area contributed by atoms with Gasteiger partial charge in [0.05, 0.1) is 5.52 Å². The third kappa shape index (κ3) is 2.80. The second kappa shape index (κ2) is 6.48. The number of fused-ring (bicyclic) bond motifs is 1. The highest BCUT2D eigenvalue weighted by molar-refractivity contribution is 7.71. The number of benzene rings is 1. The summed E-state index contributed by atoms with van der Waals surface area (Å²) in [7, 11) is 0. The van der Waals surface area contributed by atoms with Crippen LogP contribution in [0.25, 0.3) is 10.9 Å². The van der Waals surface area contributed by atoms with Crippen LogP contribution in [0.3, 0.4) is 0 Å². The number of H-pyrrole nitrogens is 2. The van der Waals surface area contributed by atoms with Crippen LogP contribution in [0.1, 0.15) is 37.9 Å². The Bertz CT molecular complexity index is 737. The maximum Gasteiger partial charge on any atom is 0.174 e. The van der Waals surface area contributed by atoms with Gasteiger partial charge in [-0.25, -0.2) is 0 Å². The Hall–Kier alpha value is -1.94. The molecule has 3 nitrogen and oxygen atoms in total. The molecule has 0 amide bonds. The molecule has 20 heavy (non-hydrogen) atoms. The zero-order valence-corrected chi connectivity index (χ0v) is 12.8. The van der Waals surface area contributed by atoms with Crippen LogP contribution in [0.15, 0.2) is 42.7 Å². The third-order valence-electron chi connectivity index (χ3n) is 3.23. The molecular weight excluding hydrogens is 266 g/mol. The second-order valence-corrected chi connectivity index (χ2v) is 4.75. The van der Waals surface area contributed by atoms with Crippen molar-refractivity contribution in [2.24, 2.45) is 0 Å². The molecule has 2 N–H and O–H groups in total. The molecule has 1 unspecified atom stereocenters. The smallest absolute Gasteiger partial charge is 0.174 e. The van der Waals surface area contributed by atoms with E-state index in [9.17, 15) is 0 Å². The Labute approximate surface area is 124 Å². The van der Waals surface area contributed by atoms with Gasteiger partial charge in [-0.3, -0.25) is 4.98 Å². The molecule has 2 aromatic heterocycles. The van der Waals surface area contributed by atoms with E-state index in [4.69, 9.17) is 12.2 Å². The van der Waals surface area contributed by atoms with Gasteiger partial charge in [-0.2, -0.15) is 0 Å². The number of nitrogens with zero attached hydrogens (tertiary/aromatic N) is 1. The SMILES string of the molecule is CC.CC(c1c[nH]c(=S)[nH]1)c1cccc2ncccc12. The number of aromatic amines is 2. The minimum Gasteiger partial charge on any atom is -0.337 e. The summed E-state index contributed by atoms with van der Waals surface area (Å²) < 4.78 is 0.662. The van der Waals surface area contributed by atoms with Crippen LogP contribution in [0, 0.1) is 4.77 Å². The number of hydrogen-bond donors (Lipinski definition) is 2. The lowest BCUT2D eigenvalue weighted by Crippen LogP contribution is -1.97. The fraction of sp³-hybridized carbons (Fsp3) is 0.250. The Balaban J connectivity index is 0.000000704. The lowest BCUT2D eigenvalue weighted by molar-refractivity contribution is 0.890. The average Bonchev–Trinajstić information content (AvgIpc) is 2.94. The number of pyridine rings is 1. The highest BCUT2D eigenvalue weighted by atomic mass is 32.1. The van der Waals surface area contributed by atoms with Crippen LogP contribution in [-0.2, 0) is 0 Å². The molecule has 4 heteroatoms. The maximum absolute atomic E-state index is 5.07. The fourth-order valence-electron chi connectivity index (χ4n) is 2.25. The van der Waals surface area contributed by atoms with Crippen molar-refractivity contribution >= 4 is 23.1 Å². The summed E-state index contributed by atoms with van der Waals surface area (Å²) >= 11 is 5.07. The zero-order valence-electron chi connectivity index (χ0n) is 12.0. The summed E-state index contributed by atoms with van der Waals surface area (Å²) in [4.78, 5) is 10.6. The largest absolute Gasteiger partial charge is 0.337 e. The lowest BCUT2D eigenvalue weighted by Gasteiger charge is -2.12. The topological polar surface area (TPSA) is 44.5 Å². The minimum absolute atomic E-state index is 0.255.